The first-order valence-corrected chi connectivity index (χ1v) is 5.52. The molecule has 0 aliphatic heterocycles. The maximum absolute atomic E-state index is 9.36. The molecule has 0 amide bonds. The average Bonchev–Trinajstić information content (AvgIpc) is 2.97. The molecule has 0 radical (unpaired) electrons. The Bertz CT molecular complexity index is 673. The summed E-state index contributed by atoms with van der Waals surface area (Å²) < 4.78 is 6.70. The molecule has 0 aliphatic carbocycles. The van der Waals surface area contributed by atoms with Crippen molar-refractivity contribution in [3.8, 4) is 0 Å². The summed E-state index contributed by atoms with van der Waals surface area (Å²) in [5.41, 5.74) is 8.83. The molecule has 18 heavy (non-hydrogen) atoms. The maximum Gasteiger partial charge on any atom is 0.136 e. The lowest BCUT2D eigenvalue weighted by Crippen LogP contribution is -2.05. The number of nitrogens with zero attached hydrogens (tertiary/aromatic N) is 3. The molecule has 0 fully saturated rings. The summed E-state index contributed by atoms with van der Waals surface area (Å²) in [4.78, 5) is 4.35. The topological polar surface area (TPSA) is 90.1 Å². The molecule has 2 heterocycles. The lowest BCUT2D eigenvalue weighted by Gasteiger charge is -2.04. The molecular formula is C12H12N4O2. The number of hydrogen-bond acceptors (Lipinski definition) is 5. The normalized spacial score (nSPS) is 11.2. The number of aromatic nitrogens is 3. The Morgan fingerprint density at radius 1 is 1.33 bits per heavy atom. The number of nitrogens with two attached hydrogens (primary N) is 1. The quantitative estimate of drug-likeness (QED) is 0.674. The van der Waals surface area contributed by atoms with Gasteiger partial charge in [0.1, 0.15) is 24.4 Å². The Balaban J connectivity index is 2.13. The molecule has 3 aromatic rings. The van der Waals surface area contributed by atoms with E-state index in [9.17, 15) is 5.11 Å². The Kier molecular flexibility index (Phi) is 2.49. The van der Waals surface area contributed by atoms with E-state index in [2.05, 4.69) is 10.1 Å². The molecule has 0 spiro atoms. The van der Waals surface area contributed by atoms with E-state index in [1.54, 1.807) is 12.1 Å². The van der Waals surface area contributed by atoms with Crippen LogP contribution in [0.2, 0.25) is 0 Å². The highest BCUT2D eigenvalue weighted by Crippen LogP contribution is 2.20. The summed E-state index contributed by atoms with van der Waals surface area (Å²) >= 11 is 0. The molecule has 3 rings (SSSR count). The van der Waals surface area contributed by atoms with Gasteiger partial charge in [0, 0.05) is 11.8 Å². The van der Waals surface area contributed by atoms with E-state index in [-0.39, 0.29) is 6.61 Å². The van der Waals surface area contributed by atoms with Crippen LogP contribution >= 0.6 is 0 Å². The van der Waals surface area contributed by atoms with Crippen LogP contribution in [-0.4, -0.2) is 19.8 Å². The summed E-state index contributed by atoms with van der Waals surface area (Å²) in [6.07, 6.45) is 1.52. The predicted octanol–water partition coefficient (Wildman–Crippen LogP) is 1.15. The van der Waals surface area contributed by atoms with Gasteiger partial charge in [-0.2, -0.15) is 0 Å². The summed E-state index contributed by atoms with van der Waals surface area (Å²) in [5, 5.41) is 13.2. The van der Waals surface area contributed by atoms with Crippen molar-refractivity contribution in [2.24, 2.45) is 0 Å². The number of anilines is 1. The minimum atomic E-state index is -0.133. The van der Waals surface area contributed by atoms with Crippen molar-refractivity contribution in [2.45, 2.75) is 13.2 Å². The molecular weight excluding hydrogens is 232 g/mol. The zero-order valence-corrected chi connectivity index (χ0v) is 9.58. The van der Waals surface area contributed by atoms with Crippen LogP contribution in [0.5, 0.6) is 0 Å². The Morgan fingerprint density at radius 2 is 2.22 bits per heavy atom. The third-order valence-corrected chi connectivity index (χ3v) is 2.80. The van der Waals surface area contributed by atoms with Gasteiger partial charge in [-0.05, 0) is 18.2 Å². The second-order valence-corrected chi connectivity index (χ2v) is 4.01. The second kappa shape index (κ2) is 4.15. The van der Waals surface area contributed by atoms with E-state index >= 15 is 0 Å². The van der Waals surface area contributed by atoms with Crippen LogP contribution in [0, 0.1) is 0 Å². The van der Waals surface area contributed by atoms with Gasteiger partial charge in [-0.25, -0.2) is 4.98 Å². The van der Waals surface area contributed by atoms with Crippen molar-refractivity contribution in [2.75, 3.05) is 5.73 Å². The first kappa shape index (κ1) is 10.8. The molecule has 0 unspecified atom stereocenters. The number of nitrogen functional groups attached to an aromatic ring is 1. The van der Waals surface area contributed by atoms with E-state index < -0.39 is 0 Å². The Labute approximate surface area is 103 Å². The number of aliphatic hydroxyl groups excluding tert-OH is 1. The highest BCUT2D eigenvalue weighted by atomic mass is 16.5. The van der Waals surface area contributed by atoms with Crippen molar-refractivity contribution in [1.29, 1.82) is 0 Å². The fraction of sp³-hybridized carbons (Fsp3) is 0.167. The lowest BCUT2D eigenvalue weighted by atomic mass is 10.3. The minimum absolute atomic E-state index is 0.133. The second-order valence-electron chi connectivity index (χ2n) is 4.01. The van der Waals surface area contributed by atoms with Crippen LogP contribution in [0.1, 0.15) is 11.5 Å². The van der Waals surface area contributed by atoms with Crippen molar-refractivity contribution in [3.05, 3.63) is 42.0 Å². The Morgan fingerprint density at radius 3 is 2.94 bits per heavy atom. The third kappa shape index (κ3) is 1.72. The average molecular weight is 244 g/mol. The first-order valence-electron chi connectivity index (χ1n) is 5.52. The van der Waals surface area contributed by atoms with Crippen LogP contribution < -0.4 is 5.73 Å². The molecule has 6 nitrogen and oxygen atoms in total. The zero-order valence-electron chi connectivity index (χ0n) is 9.58. The summed E-state index contributed by atoms with van der Waals surface area (Å²) in [5.74, 6) is 0.582. The van der Waals surface area contributed by atoms with Gasteiger partial charge in [-0.1, -0.05) is 5.16 Å². The number of benzene rings is 1. The predicted molar refractivity (Wildman–Crippen MR) is 65.7 cm³/mol. The Hall–Kier alpha value is -2.34. The SMILES string of the molecule is Nc1ccc2c(c1)nc(CO)n2Cc1ccon1. The van der Waals surface area contributed by atoms with Crippen molar-refractivity contribution < 1.29 is 9.63 Å². The maximum atomic E-state index is 9.36. The molecule has 0 atom stereocenters. The molecule has 0 aliphatic rings. The van der Waals surface area contributed by atoms with E-state index in [0.717, 1.165) is 16.7 Å². The fourth-order valence-electron chi connectivity index (χ4n) is 1.97. The highest BCUT2D eigenvalue weighted by Gasteiger charge is 2.11. The van der Waals surface area contributed by atoms with E-state index in [1.165, 1.54) is 6.26 Å². The van der Waals surface area contributed by atoms with Gasteiger partial charge >= 0.3 is 0 Å². The van der Waals surface area contributed by atoms with E-state index in [0.29, 0.717) is 18.1 Å². The molecule has 92 valence electrons. The number of rotatable bonds is 3. The monoisotopic (exact) mass is 244 g/mol. The number of imidazole rings is 1. The molecule has 0 saturated heterocycles. The number of fused-ring (bicyclic) bond motifs is 1. The van der Waals surface area contributed by atoms with Gasteiger partial charge in [-0.15, -0.1) is 0 Å². The highest BCUT2D eigenvalue weighted by molar-refractivity contribution is 5.79. The van der Waals surface area contributed by atoms with Crippen molar-refractivity contribution in [3.63, 3.8) is 0 Å². The smallest absolute Gasteiger partial charge is 0.136 e. The van der Waals surface area contributed by atoms with Crippen molar-refractivity contribution >= 4 is 16.7 Å². The summed E-state index contributed by atoms with van der Waals surface area (Å²) in [7, 11) is 0. The molecule has 0 bridgehead atoms. The minimum Gasteiger partial charge on any atom is -0.399 e. The van der Waals surface area contributed by atoms with Gasteiger partial charge in [0.05, 0.1) is 17.6 Å². The molecule has 0 saturated carbocycles. The third-order valence-electron chi connectivity index (χ3n) is 2.80. The molecule has 3 N–H and O–H groups in total. The van der Waals surface area contributed by atoms with Gasteiger partial charge in [-0.3, -0.25) is 0 Å². The van der Waals surface area contributed by atoms with Crippen LogP contribution in [0.15, 0.2) is 35.1 Å². The molecule has 6 heteroatoms. The number of hydrogen-bond donors (Lipinski definition) is 2. The van der Waals surface area contributed by atoms with E-state index in [4.69, 9.17) is 10.3 Å². The lowest BCUT2D eigenvalue weighted by molar-refractivity contribution is 0.266. The van der Waals surface area contributed by atoms with Crippen LogP contribution in [-0.2, 0) is 13.2 Å². The summed E-state index contributed by atoms with van der Waals surface area (Å²) in [6.45, 7) is 0.374. The number of aliphatic hydroxyl groups is 1. The summed E-state index contributed by atoms with van der Waals surface area (Å²) in [6, 6.07) is 7.26. The van der Waals surface area contributed by atoms with Gasteiger partial charge in [0.2, 0.25) is 0 Å². The van der Waals surface area contributed by atoms with Gasteiger partial charge in [0.25, 0.3) is 0 Å². The van der Waals surface area contributed by atoms with Crippen LogP contribution in [0.25, 0.3) is 11.0 Å². The van der Waals surface area contributed by atoms with Crippen LogP contribution in [0.4, 0.5) is 5.69 Å². The molecule has 2 aromatic heterocycles. The zero-order chi connectivity index (χ0) is 12.5. The van der Waals surface area contributed by atoms with E-state index in [1.807, 2.05) is 16.7 Å². The first-order chi connectivity index (χ1) is 8.78. The largest absolute Gasteiger partial charge is 0.399 e. The fourth-order valence-corrected chi connectivity index (χ4v) is 1.97. The van der Waals surface area contributed by atoms with Gasteiger partial charge < -0.3 is 19.9 Å². The van der Waals surface area contributed by atoms with Crippen molar-refractivity contribution in [1.82, 2.24) is 14.7 Å². The standard InChI is InChI=1S/C12H12N4O2/c13-8-1-2-11-10(5-8)14-12(7-17)16(11)6-9-3-4-18-15-9/h1-5,17H,6-7,13H2. The van der Waals surface area contributed by atoms with Crippen LogP contribution in [0.3, 0.4) is 0 Å². The van der Waals surface area contributed by atoms with Gasteiger partial charge in [0.15, 0.2) is 0 Å². The molecule has 1 aromatic carbocycles.